The number of aliphatic carboxylic acids is 1. The Hall–Kier alpha value is -3.39. The number of ether oxygens (including phenoxy) is 2. The third kappa shape index (κ3) is 6.39. The van der Waals surface area contributed by atoms with Crippen molar-refractivity contribution in [2.45, 2.75) is 39.0 Å². The van der Waals surface area contributed by atoms with E-state index < -0.39 is 17.5 Å². The lowest BCUT2D eigenvalue weighted by Crippen LogP contribution is -2.48. The van der Waals surface area contributed by atoms with Crippen molar-refractivity contribution in [3.8, 4) is 11.1 Å². The van der Waals surface area contributed by atoms with Gasteiger partial charge in [0.1, 0.15) is 6.61 Å². The van der Waals surface area contributed by atoms with Gasteiger partial charge in [-0.1, -0.05) is 62.4 Å². The molecule has 0 bridgehead atoms. The highest BCUT2D eigenvalue weighted by molar-refractivity contribution is 5.83. The van der Waals surface area contributed by atoms with Crippen molar-refractivity contribution in [2.75, 3.05) is 32.9 Å². The van der Waals surface area contributed by atoms with Crippen molar-refractivity contribution in [1.29, 1.82) is 0 Å². The molecule has 0 spiro atoms. The van der Waals surface area contributed by atoms with Gasteiger partial charge >= 0.3 is 12.1 Å². The maximum Gasteiger partial charge on any atom is 0.407 e. The lowest BCUT2D eigenvalue weighted by molar-refractivity contribution is -0.138. The maximum atomic E-state index is 12.9. The predicted octanol–water partition coefficient (Wildman–Crippen LogP) is 3.94. The third-order valence-electron chi connectivity index (χ3n) is 6.74. The van der Waals surface area contributed by atoms with E-state index in [1.54, 1.807) is 0 Å². The van der Waals surface area contributed by atoms with Gasteiger partial charge in [0, 0.05) is 19.0 Å². The van der Waals surface area contributed by atoms with Crippen molar-refractivity contribution in [1.82, 2.24) is 10.6 Å². The second-order valence-corrected chi connectivity index (χ2v) is 8.68. The minimum Gasteiger partial charge on any atom is -0.481 e. The van der Waals surface area contributed by atoms with E-state index in [0.717, 1.165) is 22.3 Å². The normalized spacial score (nSPS) is 12.5. The van der Waals surface area contributed by atoms with Crippen molar-refractivity contribution in [3.05, 3.63) is 59.7 Å². The van der Waals surface area contributed by atoms with Crippen molar-refractivity contribution in [2.24, 2.45) is 5.41 Å². The van der Waals surface area contributed by atoms with E-state index in [-0.39, 0.29) is 51.2 Å². The topological polar surface area (TPSA) is 114 Å². The largest absolute Gasteiger partial charge is 0.481 e. The molecule has 8 nitrogen and oxygen atoms in total. The molecule has 0 atom stereocenters. The zero-order chi connectivity index (χ0) is 25.3. The van der Waals surface area contributed by atoms with Crippen LogP contribution in [0.4, 0.5) is 4.79 Å². The molecule has 35 heavy (non-hydrogen) atoms. The summed E-state index contributed by atoms with van der Waals surface area (Å²) in [6.45, 7) is 4.78. The second-order valence-electron chi connectivity index (χ2n) is 8.68. The molecular weight excluding hydrogens is 448 g/mol. The Morgan fingerprint density at radius 3 is 2.09 bits per heavy atom. The summed E-state index contributed by atoms with van der Waals surface area (Å²) in [5.41, 5.74) is 3.84. The predicted molar refractivity (Wildman–Crippen MR) is 132 cm³/mol. The van der Waals surface area contributed by atoms with Gasteiger partial charge < -0.3 is 25.2 Å². The summed E-state index contributed by atoms with van der Waals surface area (Å²) in [7, 11) is 0. The fourth-order valence-corrected chi connectivity index (χ4v) is 4.48. The SMILES string of the molecule is CCC(CC)(CNC(=O)OCC1c2ccccc2-c2ccccc21)C(=O)NCCOCCC(=O)O. The Kier molecular flexibility index (Phi) is 9.25. The van der Waals surface area contributed by atoms with Gasteiger partial charge in [0.2, 0.25) is 5.91 Å². The average Bonchev–Trinajstić information content (AvgIpc) is 3.19. The minimum absolute atomic E-state index is 0.0281. The number of benzene rings is 2. The molecule has 1 aliphatic carbocycles. The van der Waals surface area contributed by atoms with E-state index in [2.05, 4.69) is 34.9 Å². The van der Waals surface area contributed by atoms with Gasteiger partial charge in [-0.3, -0.25) is 9.59 Å². The molecule has 0 fully saturated rings. The Balaban J connectivity index is 1.51. The number of amides is 2. The van der Waals surface area contributed by atoms with E-state index in [4.69, 9.17) is 14.6 Å². The number of nitrogens with one attached hydrogen (secondary N) is 2. The first-order valence-corrected chi connectivity index (χ1v) is 12.1. The van der Waals surface area contributed by atoms with Crippen LogP contribution in [-0.2, 0) is 19.1 Å². The molecule has 188 valence electrons. The smallest absolute Gasteiger partial charge is 0.407 e. The number of carboxylic acid groups (broad SMARTS) is 1. The summed E-state index contributed by atoms with van der Waals surface area (Å²) in [5.74, 6) is -1.13. The molecule has 1 aliphatic rings. The van der Waals surface area contributed by atoms with Crippen molar-refractivity contribution >= 4 is 18.0 Å². The van der Waals surface area contributed by atoms with Crippen molar-refractivity contribution in [3.63, 3.8) is 0 Å². The average molecular weight is 483 g/mol. The number of rotatable bonds is 13. The van der Waals surface area contributed by atoms with Gasteiger partial charge in [0.15, 0.2) is 0 Å². The van der Waals surface area contributed by atoms with Crippen LogP contribution in [0.25, 0.3) is 11.1 Å². The second kappa shape index (κ2) is 12.4. The van der Waals surface area contributed by atoms with Gasteiger partial charge in [-0.15, -0.1) is 0 Å². The van der Waals surface area contributed by atoms with E-state index in [9.17, 15) is 14.4 Å². The van der Waals surface area contributed by atoms with Crippen LogP contribution >= 0.6 is 0 Å². The quantitative estimate of drug-likeness (QED) is 0.373. The van der Waals surface area contributed by atoms with Crippen LogP contribution in [0, 0.1) is 5.41 Å². The lowest BCUT2D eigenvalue weighted by Gasteiger charge is -2.30. The monoisotopic (exact) mass is 482 g/mol. The molecule has 0 heterocycles. The van der Waals surface area contributed by atoms with Gasteiger partial charge in [-0.2, -0.15) is 0 Å². The van der Waals surface area contributed by atoms with E-state index >= 15 is 0 Å². The van der Waals surface area contributed by atoms with E-state index in [1.165, 1.54) is 0 Å². The zero-order valence-corrected chi connectivity index (χ0v) is 20.3. The summed E-state index contributed by atoms with van der Waals surface area (Å²) >= 11 is 0. The van der Waals surface area contributed by atoms with Crippen molar-refractivity contribution < 1.29 is 29.0 Å². The Morgan fingerprint density at radius 1 is 0.914 bits per heavy atom. The van der Waals surface area contributed by atoms with Crippen LogP contribution < -0.4 is 10.6 Å². The van der Waals surface area contributed by atoms with Gasteiger partial charge in [0.25, 0.3) is 0 Å². The van der Waals surface area contributed by atoms with Gasteiger partial charge in [0.05, 0.1) is 25.0 Å². The molecule has 2 amide bonds. The molecule has 0 saturated carbocycles. The highest BCUT2D eigenvalue weighted by atomic mass is 16.5. The molecule has 3 rings (SSSR count). The molecule has 8 heteroatoms. The van der Waals surface area contributed by atoms with Gasteiger partial charge in [-0.25, -0.2) is 4.79 Å². The summed E-state index contributed by atoms with van der Waals surface area (Å²) in [6.07, 6.45) is 0.451. The van der Waals surface area contributed by atoms with Crippen LogP contribution in [-0.4, -0.2) is 56.0 Å². The van der Waals surface area contributed by atoms with E-state index in [0.29, 0.717) is 12.8 Å². The van der Waals surface area contributed by atoms with E-state index in [1.807, 2.05) is 38.1 Å². The summed E-state index contributed by atoms with van der Waals surface area (Å²) in [5, 5.41) is 14.2. The maximum absolute atomic E-state index is 12.9. The number of carbonyl (C=O) groups excluding carboxylic acids is 2. The van der Waals surface area contributed by atoms with Crippen LogP contribution in [0.1, 0.15) is 50.2 Å². The lowest BCUT2D eigenvalue weighted by atomic mass is 9.81. The fourth-order valence-electron chi connectivity index (χ4n) is 4.48. The minimum atomic E-state index is -0.927. The first-order chi connectivity index (χ1) is 16.9. The molecule has 0 radical (unpaired) electrons. The number of carbonyl (C=O) groups is 3. The first-order valence-electron chi connectivity index (χ1n) is 12.1. The molecule has 0 aliphatic heterocycles. The Bertz CT molecular complexity index is 988. The molecular formula is C27H34N2O6. The number of hydrogen-bond donors (Lipinski definition) is 3. The first kappa shape index (κ1) is 26.2. The number of hydrogen-bond acceptors (Lipinski definition) is 5. The molecule has 3 N–H and O–H groups in total. The third-order valence-corrected chi connectivity index (χ3v) is 6.74. The zero-order valence-electron chi connectivity index (χ0n) is 20.3. The summed E-state index contributed by atoms with van der Waals surface area (Å²) in [4.78, 5) is 36.0. The number of alkyl carbamates (subject to hydrolysis) is 1. The summed E-state index contributed by atoms with van der Waals surface area (Å²) in [6, 6.07) is 16.3. The molecule has 2 aromatic rings. The van der Waals surface area contributed by atoms with Crippen LogP contribution in [0.15, 0.2) is 48.5 Å². The Morgan fingerprint density at radius 2 is 1.51 bits per heavy atom. The Labute approximate surface area is 206 Å². The highest BCUT2D eigenvalue weighted by Gasteiger charge is 2.35. The van der Waals surface area contributed by atoms with Crippen LogP contribution in [0.5, 0.6) is 0 Å². The molecule has 0 unspecified atom stereocenters. The summed E-state index contributed by atoms with van der Waals surface area (Å²) < 4.78 is 10.8. The fraction of sp³-hybridized carbons (Fsp3) is 0.444. The molecule has 0 saturated heterocycles. The van der Waals surface area contributed by atoms with Crippen LogP contribution in [0.2, 0.25) is 0 Å². The van der Waals surface area contributed by atoms with Crippen LogP contribution in [0.3, 0.4) is 0 Å². The number of carboxylic acids is 1. The molecule has 0 aromatic heterocycles. The standard InChI is InChI=1S/C27H34N2O6/c1-3-27(4-2,25(32)28-14-16-34-15-13-24(30)31)18-29-26(33)35-17-23-21-11-7-5-9-19(21)20-10-6-8-12-22(20)23/h5-12,23H,3-4,13-18H2,1-2H3,(H,28,32)(H,29,33)(H,30,31). The number of fused-ring (bicyclic) bond motifs is 3. The highest BCUT2D eigenvalue weighted by Crippen LogP contribution is 2.44. The molecule has 2 aromatic carbocycles. The van der Waals surface area contributed by atoms with Gasteiger partial charge in [-0.05, 0) is 35.1 Å².